The van der Waals surface area contributed by atoms with Crippen molar-refractivity contribution in [3.63, 3.8) is 0 Å². The molecule has 1 aromatic heterocycles. The summed E-state index contributed by atoms with van der Waals surface area (Å²) in [5.41, 5.74) is 5.57. The molecule has 0 aliphatic rings. The number of para-hydroxylation sites is 1. The van der Waals surface area contributed by atoms with E-state index in [0.29, 0.717) is 5.69 Å². The van der Waals surface area contributed by atoms with E-state index in [-0.39, 0.29) is 11.4 Å². The normalized spacial score (nSPS) is 10.1. The minimum Gasteiger partial charge on any atom is -0.476 e. The minimum atomic E-state index is -1.21. The average molecular weight is 231 g/mol. The summed E-state index contributed by atoms with van der Waals surface area (Å²) in [6, 6.07) is 9.85. The number of primary amides is 1. The number of aromatic nitrogens is 2. The maximum absolute atomic E-state index is 11.2. The van der Waals surface area contributed by atoms with Gasteiger partial charge >= 0.3 is 5.97 Å². The Kier molecular flexibility index (Phi) is 2.61. The van der Waals surface area contributed by atoms with Crippen LogP contribution in [0.1, 0.15) is 21.0 Å². The van der Waals surface area contributed by atoms with E-state index in [1.165, 1.54) is 4.68 Å². The SMILES string of the molecule is NC(=O)c1cc(C(=O)O)nn1-c1ccccc1. The molecule has 2 aromatic rings. The van der Waals surface area contributed by atoms with Crippen LogP contribution < -0.4 is 5.73 Å². The van der Waals surface area contributed by atoms with Crippen molar-refractivity contribution in [2.75, 3.05) is 0 Å². The van der Waals surface area contributed by atoms with Crippen LogP contribution >= 0.6 is 0 Å². The van der Waals surface area contributed by atoms with Crippen LogP contribution in [0.25, 0.3) is 5.69 Å². The molecule has 6 nitrogen and oxygen atoms in total. The number of carboxylic acid groups (broad SMARTS) is 1. The molecule has 1 heterocycles. The number of benzene rings is 1. The number of amides is 1. The predicted octanol–water partition coefficient (Wildman–Crippen LogP) is 0.669. The van der Waals surface area contributed by atoms with Gasteiger partial charge in [0, 0.05) is 6.07 Å². The molecular weight excluding hydrogens is 222 g/mol. The molecule has 0 unspecified atom stereocenters. The van der Waals surface area contributed by atoms with E-state index in [2.05, 4.69) is 5.10 Å². The maximum atomic E-state index is 11.2. The molecule has 1 aromatic carbocycles. The van der Waals surface area contributed by atoms with Gasteiger partial charge in [-0.2, -0.15) is 5.10 Å². The molecule has 1 amide bonds. The van der Waals surface area contributed by atoms with Gasteiger partial charge in [0.05, 0.1) is 5.69 Å². The minimum absolute atomic E-state index is 0.0357. The van der Waals surface area contributed by atoms with Crippen molar-refractivity contribution in [1.29, 1.82) is 0 Å². The third-order valence-electron chi connectivity index (χ3n) is 2.18. The Bertz CT molecular complexity index is 575. The Morgan fingerprint density at radius 3 is 2.41 bits per heavy atom. The molecular formula is C11H9N3O3. The van der Waals surface area contributed by atoms with Crippen molar-refractivity contribution in [1.82, 2.24) is 9.78 Å². The van der Waals surface area contributed by atoms with Crippen LogP contribution in [0, 0.1) is 0 Å². The summed E-state index contributed by atoms with van der Waals surface area (Å²) < 4.78 is 1.21. The van der Waals surface area contributed by atoms with E-state index >= 15 is 0 Å². The number of hydrogen-bond donors (Lipinski definition) is 2. The summed E-state index contributed by atoms with van der Waals surface area (Å²) in [5.74, 6) is -1.93. The summed E-state index contributed by atoms with van der Waals surface area (Å²) >= 11 is 0. The highest BCUT2D eigenvalue weighted by Gasteiger charge is 2.17. The number of aromatic carboxylic acids is 1. The molecule has 3 N–H and O–H groups in total. The van der Waals surface area contributed by atoms with Gasteiger partial charge in [0.2, 0.25) is 0 Å². The number of nitrogens with zero attached hydrogens (tertiary/aromatic N) is 2. The van der Waals surface area contributed by atoms with E-state index < -0.39 is 11.9 Å². The lowest BCUT2D eigenvalue weighted by molar-refractivity contribution is 0.0690. The lowest BCUT2D eigenvalue weighted by Gasteiger charge is -2.03. The molecule has 0 fully saturated rings. The molecule has 2 rings (SSSR count). The molecule has 0 spiro atoms. The number of rotatable bonds is 3. The average Bonchev–Trinajstić information content (AvgIpc) is 2.75. The van der Waals surface area contributed by atoms with Crippen LogP contribution in [-0.4, -0.2) is 26.8 Å². The van der Waals surface area contributed by atoms with Crippen LogP contribution in [0.5, 0.6) is 0 Å². The zero-order chi connectivity index (χ0) is 12.4. The Balaban J connectivity index is 2.60. The van der Waals surface area contributed by atoms with Crippen LogP contribution in [0.2, 0.25) is 0 Å². The summed E-state index contributed by atoms with van der Waals surface area (Å²) in [6.45, 7) is 0. The second-order valence-electron chi connectivity index (χ2n) is 3.33. The van der Waals surface area contributed by atoms with Gasteiger partial charge in [0.1, 0.15) is 5.69 Å². The van der Waals surface area contributed by atoms with Gasteiger partial charge in [-0.25, -0.2) is 9.48 Å². The molecule has 0 saturated heterocycles. The molecule has 86 valence electrons. The molecule has 0 saturated carbocycles. The van der Waals surface area contributed by atoms with Gasteiger partial charge in [-0.15, -0.1) is 0 Å². The Morgan fingerprint density at radius 1 is 1.24 bits per heavy atom. The van der Waals surface area contributed by atoms with Crippen molar-refractivity contribution < 1.29 is 14.7 Å². The molecule has 6 heteroatoms. The second kappa shape index (κ2) is 4.09. The molecule has 0 atom stereocenters. The van der Waals surface area contributed by atoms with Gasteiger partial charge in [-0.1, -0.05) is 18.2 Å². The Labute approximate surface area is 96.3 Å². The highest BCUT2D eigenvalue weighted by Crippen LogP contribution is 2.12. The largest absolute Gasteiger partial charge is 0.476 e. The van der Waals surface area contributed by atoms with Gasteiger partial charge in [0.25, 0.3) is 5.91 Å². The van der Waals surface area contributed by atoms with Gasteiger partial charge in [0.15, 0.2) is 5.69 Å². The highest BCUT2D eigenvalue weighted by atomic mass is 16.4. The topological polar surface area (TPSA) is 98.2 Å². The van der Waals surface area contributed by atoms with Gasteiger partial charge in [-0.3, -0.25) is 4.79 Å². The predicted molar refractivity (Wildman–Crippen MR) is 59.0 cm³/mol. The highest BCUT2D eigenvalue weighted by molar-refractivity contribution is 5.95. The van der Waals surface area contributed by atoms with Crippen molar-refractivity contribution >= 4 is 11.9 Å². The second-order valence-corrected chi connectivity index (χ2v) is 3.33. The lowest BCUT2D eigenvalue weighted by atomic mass is 10.3. The first-order valence-electron chi connectivity index (χ1n) is 4.78. The molecule has 0 bridgehead atoms. The fourth-order valence-corrected chi connectivity index (χ4v) is 1.43. The first kappa shape index (κ1) is 10.9. The van der Waals surface area contributed by atoms with Gasteiger partial charge in [-0.05, 0) is 12.1 Å². The third-order valence-corrected chi connectivity index (χ3v) is 2.18. The number of carbonyl (C=O) groups is 2. The fraction of sp³-hybridized carbons (Fsp3) is 0. The summed E-state index contributed by atoms with van der Waals surface area (Å²) in [4.78, 5) is 22.0. The van der Waals surface area contributed by atoms with E-state index in [9.17, 15) is 9.59 Å². The van der Waals surface area contributed by atoms with E-state index in [0.717, 1.165) is 6.07 Å². The number of hydrogen-bond acceptors (Lipinski definition) is 3. The Morgan fingerprint density at radius 2 is 1.88 bits per heavy atom. The van der Waals surface area contributed by atoms with E-state index in [1.807, 2.05) is 0 Å². The summed E-state index contributed by atoms with van der Waals surface area (Å²) in [6.07, 6.45) is 0. The zero-order valence-corrected chi connectivity index (χ0v) is 8.70. The van der Waals surface area contributed by atoms with Crippen LogP contribution in [0.4, 0.5) is 0 Å². The molecule has 17 heavy (non-hydrogen) atoms. The number of nitrogens with two attached hydrogens (primary N) is 1. The van der Waals surface area contributed by atoms with Crippen molar-refractivity contribution in [3.05, 3.63) is 47.8 Å². The maximum Gasteiger partial charge on any atom is 0.356 e. The summed E-state index contributed by atoms with van der Waals surface area (Å²) in [7, 11) is 0. The first-order valence-corrected chi connectivity index (χ1v) is 4.78. The van der Waals surface area contributed by atoms with Gasteiger partial charge < -0.3 is 10.8 Å². The smallest absolute Gasteiger partial charge is 0.356 e. The van der Waals surface area contributed by atoms with Crippen molar-refractivity contribution in [3.8, 4) is 5.69 Å². The zero-order valence-electron chi connectivity index (χ0n) is 8.70. The van der Waals surface area contributed by atoms with Crippen molar-refractivity contribution in [2.24, 2.45) is 5.73 Å². The van der Waals surface area contributed by atoms with E-state index in [4.69, 9.17) is 10.8 Å². The Hall–Kier alpha value is -2.63. The first-order chi connectivity index (χ1) is 8.09. The van der Waals surface area contributed by atoms with Crippen LogP contribution in [0.15, 0.2) is 36.4 Å². The molecule has 0 aliphatic heterocycles. The monoisotopic (exact) mass is 231 g/mol. The number of carbonyl (C=O) groups excluding carboxylic acids is 1. The van der Waals surface area contributed by atoms with Crippen molar-refractivity contribution in [2.45, 2.75) is 0 Å². The third kappa shape index (κ3) is 2.00. The van der Waals surface area contributed by atoms with Crippen LogP contribution in [0.3, 0.4) is 0 Å². The quantitative estimate of drug-likeness (QED) is 0.810. The lowest BCUT2D eigenvalue weighted by Crippen LogP contribution is -2.16. The van der Waals surface area contributed by atoms with Crippen LogP contribution in [-0.2, 0) is 0 Å². The van der Waals surface area contributed by atoms with E-state index in [1.54, 1.807) is 30.3 Å². The molecule has 0 aliphatic carbocycles. The fourth-order valence-electron chi connectivity index (χ4n) is 1.43. The standard InChI is InChI=1S/C11H9N3O3/c12-10(15)9-6-8(11(16)17)13-14(9)7-4-2-1-3-5-7/h1-6H,(H2,12,15)(H,16,17). The molecule has 0 radical (unpaired) electrons. The number of carboxylic acids is 1. The summed E-state index contributed by atoms with van der Waals surface area (Å²) in [5, 5.41) is 12.6.